The average molecular weight is 547 g/mol. The number of carbonyl (C=O) groups excluding carboxylic acids is 2. The van der Waals surface area contributed by atoms with Crippen LogP contribution in [0.4, 0.5) is 0 Å². The lowest BCUT2D eigenvalue weighted by Gasteiger charge is -2.18. The zero-order valence-electron chi connectivity index (χ0n) is 22.0. The van der Waals surface area contributed by atoms with Gasteiger partial charge in [0, 0.05) is 10.8 Å². The quantitative estimate of drug-likeness (QED) is 0.256. The summed E-state index contributed by atoms with van der Waals surface area (Å²) in [6.07, 6.45) is 1.33. The maximum Gasteiger partial charge on any atom is 0.374 e. The lowest BCUT2D eigenvalue weighted by molar-refractivity contribution is 0.00367. The van der Waals surface area contributed by atoms with Gasteiger partial charge in [-0.25, -0.2) is 27.0 Å². The van der Waals surface area contributed by atoms with Gasteiger partial charge in [0.05, 0.1) is 34.8 Å². The number of aryl methyl sites for hydroxylation is 1. The summed E-state index contributed by atoms with van der Waals surface area (Å²) in [5.41, 5.74) is 0.891. The highest BCUT2D eigenvalue weighted by Gasteiger charge is 2.30. The Morgan fingerprint density at radius 1 is 0.923 bits per heavy atom. The number of hydrogen-bond acceptors (Lipinski definition) is 8. The van der Waals surface area contributed by atoms with Crippen LogP contribution in [0.1, 0.15) is 47.4 Å². The van der Waals surface area contributed by atoms with Gasteiger partial charge in [-0.3, -0.25) is 0 Å². The minimum Gasteiger partial charge on any atom is -0.464 e. The zero-order valence-corrected chi connectivity index (χ0v) is 22.8. The highest BCUT2D eigenvalue weighted by molar-refractivity contribution is 7.90. The molecule has 2 aromatic carbocycles. The molecule has 0 aliphatic rings. The molecule has 0 saturated carbocycles. The molecule has 5 rings (SSSR count). The summed E-state index contributed by atoms with van der Waals surface area (Å²) in [5, 5.41) is 0.947. The van der Waals surface area contributed by atoms with Crippen molar-refractivity contribution in [1.29, 1.82) is 0 Å². The number of nitrogens with zero attached hydrogens (tertiary/aromatic N) is 2. The van der Waals surface area contributed by atoms with Gasteiger partial charge < -0.3 is 13.9 Å². The van der Waals surface area contributed by atoms with Crippen LogP contribution in [-0.2, 0) is 19.5 Å². The summed E-state index contributed by atoms with van der Waals surface area (Å²) in [6, 6.07) is 16.4. The molecule has 39 heavy (non-hydrogen) atoms. The molecule has 0 N–H and O–H groups in total. The van der Waals surface area contributed by atoms with Crippen LogP contribution in [0.5, 0.6) is 0 Å². The van der Waals surface area contributed by atoms with Gasteiger partial charge in [0.1, 0.15) is 11.4 Å². The molecule has 9 nitrogen and oxygen atoms in total. The van der Waals surface area contributed by atoms with Crippen molar-refractivity contribution in [3.05, 3.63) is 83.9 Å². The Morgan fingerprint density at radius 3 is 2.28 bits per heavy atom. The standard InChI is InChI=1S/C29H26N2O7S/c1-17-10-12-18(13-11-17)39(34,35)31-20-9-7-6-8-19(20)24-21(31)16-30-26(28(33)36-5)25(24)22-14-15-23(37-22)27(32)38-29(2,3)4/h6-16H,1-5H3. The van der Waals surface area contributed by atoms with Crippen LogP contribution in [0.3, 0.4) is 0 Å². The lowest BCUT2D eigenvalue weighted by Crippen LogP contribution is -2.23. The Bertz CT molecular complexity index is 1860. The van der Waals surface area contributed by atoms with E-state index >= 15 is 0 Å². The molecule has 0 unspecified atom stereocenters. The van der Waals surface area contributed by atoms with Crippen LogP contribution in [0.2, 0.25) is 0 Å². The topological polar surface area (TPSA) is 118 Å². The number of esters is 2. The Hall–Kier alpha value is -4.44. The molecule has 0 saturated heterocycles. The number of rotatable bonds is 5. The van der Waals surface area contributed by atoms with Crippen LogP contribution in [0, 0.1) is 6.92 Å². The normalized spacial score (nSPS) is 12.1. The first-order valence-electron chi connectivity index (χ1n) is 12.1. The van der Waals surface area contributed by atoms with Crippen LogP contribution >= 0.6 is 0 Å². The second-order valence-corrected chi connectivity index (χ2v) is 11.8. The van der Waals surface area contributed by atoms with E-state index in [-0.39, 0.29) is 33.2 Å². The van der Waals surface area contributed by atoms with Gasteiger partial charge in [0.15, 0.2) is 5.69 Å². The molecule has 200 valence electrons. The average Bonchev–Trinajstić information content (AvgIpc) is 3.50. The second kappa shape index (κ2) is 9.39. The van der Waals surface area contributed by atoms with E-state index in [4.69, 9.17) is 13.9 Å². The highest BCUT2D eigenvalue weighted by atomic mass is 32.2. The molecule has 0 bridgehead atoms. The molecule has 0 radical (unpaired) electrons. The van der Waals surface area contributed by atoms with Crippen LogP contribution in [0.25, 0.3) is 33.1 Å². The first-order chi connectivity index (χ1) is 18.4. The van der Waals surface area contributed by atoms with Crippen LogP contribution in [-0.4, -0.2) is 42.0 Å². The van der Waals surface area contributed by atoms with E-state index in [0.29, 0.717) is 16.3 Å². The number of para-hydroxylation sites is 1. The molecule has 0 fully saturated rings. The fourth-order valence-corrected chi connectivity index (χ4v) is 5.90. The van der Waals surface area contributed by atoms with Crippen LogP contribution < -0.4 is 0 Å². The lowest BCUT2D eigenvalue weighted by atomic mass is 10.0. The molecule has 0 spiro atoms. The minimum absolute atomic E-state index is 0.0799. The van der Waals surface area contributed by atoms with E-state index in [1.807, 2.05) is 6.92 Å². The molecule has 0 amide bonds. The molecule has 0 atom stereocenters. The summed E-state index contributed by atoms with van der Waals surface area (Å²) in [5.74, 6) is -1.38. The second-order valence-electron chi connectivity index (χ2n) is 10.00. The summed E-state index contributed by atoms with van der Waals surface area (Å²) in [4.78, 5) is 29.9. The number of benzene rings is 2. The van der Waals surface area contributed by atoms with E-state index < -0.39 is 27.6 Å². The van der Waals surface area contributed by atoms with Crippen molar-refractivity contribution in [2.24, 2.45) is 0 Å². The minimum atomic E-state index is -4.08. The maximum absolute atomic E-state index is 13.9. The smallest absolute Gasteiger partial charge is 0.374 e. The number of carbonyl (C=O) groups is 2. The molecule has 10 heteroatoms. The predicted octanol–water partition coefficient (Wildman–Crippen LogP) is 5.74. The van der Waals surface area contributed by atoms with Gasteiger partial charge in [0.2, 0.25) is 5.76 Å². The van der Waals surface area contributed by atoms with E-state index in [9.17, 15) is 18.0 Å². The van der Waals surface area contributed by atoms with E-state index in [0.717, 1.165) is 5.56 Å². The van der Waals surface area contributed by atoms with Gasteiger partial charge in [0.25, 0.3) is 10.0 Å². The molecule has 5 aromatic rings. The molecule has 3 heterocycles. The Labute approximate surface area is 225 Å². The fourth-order valence-electron chi connectivity index (χ4n) is 4.40. The predicted molar refractivity (Wildman–Crippen MR) is 145 cm³/mol. The number of methoxy groups -OCH3 is 1. The largest absolute Gasteiger partial charge is 0.464 e. The third-order valence-electron chi connectivity index (χ3n) is 6.06. The van der Waals surface area contributed by atoms with Crippen molar-refractivity contribution in [3.63, 3.8) is 0 Å². The van der Waals surface area contributed by atoms with Gasteiger partial charge >= 0.3 is 11.9 Å². The maximum atomic E-state index is 13.9. The number of ether oxygens (including phenoxy) is 2. The third kappa shape index (κ3) is 4.57. The van der Waals surface area contributed by atoms with Gasteiger partial charge in [-0.2, -0.15) is 0 Å². The monoisotopic (exact) mass is 546 g/mol. The number of aromatic nitrogens is 2. The van der Waals surface area contributed by atoms with Crippen molar-refractivity contribution >= 4 is 43.8 Å². The first-order valence-corrected chi connectivity index (χ1v) is 13.5. The number of fused-ring (bicyclic) bond motifs is 3. The SMILES string of the molecule is COC(=O)c1ncc2c(c1-c1ccc(C(=O)OC(C)(C)C)o1)c1ccccc1n2S(=O)(=O)c1ccc(C)cc1. The summed E-state index contributed by atoms with van der Waals surface area (Å²) in [6.45, 7) is 7.07. The third-order valence-corrected chi connectivity index (χ3v) is 7.80. The molecular formula is C29H26N2O7S. The summed E-state index contributed by atoms with van der Waals surface area (Å²) < 4.78 is 45.4. The van der Waals surface area contributed by atoms with Gasteiger partial charge in [-0.1, -0.05) is 35.9 Å². The summed E-state index contributed by atoms with van der Waals surface area (Å²) >= 11 is 0. The zero-order chi connectivity index (χ0) is 28.1. The van der Waals surface area contributed by atoms with E-state index in [1.54, 1.807) is 69.3 Å². The molecule has 0 aliphatic heterocycles. The Balaban J connectivity index is 1.84. The molecule has 3 aromatic heterocycles. The molecule has 0 aliphatic carbocycles. The van der Waals surface area contributed by atoms with E-state index in [2.05, 4.69) is 4.98 Å². The Morgan fingerprint density at radius 2 is 1.62 bits per heavy atom. The van der Waals surface area contributed by atoms with Crippen LogP contribution in [0.15, 0.2) is 76.2 Å². The Kier molecular flexibility index (Phi) is 6.30. The van der Waals surface area contributed by atoms with Crippen molar-refractivity contribution in [3.8, 4) is 11.3 Å². The van der Waals surface area contributed by atoms with Crippen molar-refractivity contribution in [2.75, 3.05) is 7.11 Å². The first kappa shape index (κ1) is 26.2. The number of hydrogen-bond donors (Lipinski definition) is 0. The van der Waals surface area contributed by atoms with Crippen molar-refractivity contribution < 1.29 is 31.9 Å². The summed E-state index contributed by atoms with van der Waals surface area (Å²) in [7, 11) is -2.86. The van der Waals surface area contributed by atoms with Gasteiger partial charge in [-0.15, -0.1) is 0 Å². The number of furan rings is 1. The number of pyridine rings is 1. The fraction of sp³-hybridized carbons (Fsp3) is 0.207. The van der Waals surface area contributed by atoms with E-state index in [1.165, 1.54) is 29.4 Å². The van der Waals surface area contributed by atoms with Crippen molar-refractivity contribution in [2.45, 2.75) is 38.2 Å². The molecular weight excluding hydrogens is 520 g/mol. The van der Waals surface area contributed by atoms with Crippen molar-refractivity contribution in [1.82, 2.24) is 8.96 Å². The highest BCUT2D eigenvalue weighted by Crippen LogP contribution is 2.40. The van der Waals surface area contributed by atoms with Gasteiger partial charge in [-0.05, 0) is 58.0 Å².